The highest BCUT2D eigenvalue weighted by atomic mass is 35.5. The van der Waals surface area contributed by atoms with E-state index in [1.807, 2.05) is 6.92 Å². The molecule has 2 nitrogen and oxygen atoms in total. The first kappa shape index (κ1) is 16.7. The molecule has 0 radical (unpaired) electrons. The molecule has 108 valence electrons. The van der Waals surface area contributed by atoms with Crippen LogP contribution in [0.3, 0.4) is 0 Å². The van der Waals surface area contributed by atoms with Crippen LogP contribution in [0.5, 0.6) is 0 Å². The van der Waals surface area contributed by atoms with Crippen LogP contribution in [0, 0.1) is 11.7 Å². The number of benzene rings is 1. The van der Waals surface area contributed by atoms with Gasteiger partial charge in [0.1, 0.15) is 5.82 Å². The highest BCUT2D eigenvalue weighted by molar-refractivity contribution is 6.35. The summed E-state index contributed by atoms with van der Waals surface area (Å²) in [5.74, 6) is -0.108. The summed E-state index contributed by atoms with van der Waals surface area (Å²) in [6.07, 6.45) is 0.649. The minimum absolute atomic E-state index is 0.0247. The monoisotopic (exact) mass is 307 g/mol. The molecule has 1 aromatic carbocycles. The van der Waals surface area contributed by atoms with Crippen molar-refractivity contribution in [1.82, 2.24) is 5.32 Å². The van der Waals surface area contributed by atoms with Crippen molar-refractivity contribution in [1.29, 1.82) is 0 Å². The Labute approximate surface area is 123 Å². The average molecular weight is 308 g/mol. The van der Waals surface area contributed by atoms with E-state index in [0.29, 0.717) is 22.9 Å². The van der Waals surface area contributed by atoms with E-state index in [0.717, 1.165) is 0 Å². The predicted molar refractivity (Wildman–Crippen MR) is 78.3 cm³/mol. The normalized spacial score (nSPS) is 14.7. The molecule has 19 heavy (non-hydrogen) atoms. The van der Waals surface area contributed by atoms with Gasteiger partial charge in [0.25, 0.3) is 0 Å². The van der Waals surface area contributed by atoms with Gasteiger partial charge in [0.15, 0.2) is 0 Å². The highest BCUT2D eigenvalue weighted by Gasteiger charge is 2.19. The molecule has 2 N–H and O–H groups in total. The molecule has 1 rings (SSSR count). The van der Waals surface area contributed by atoms with E-state index >= 15 is 0 Å². The molecule has 2 unspecified atom stereocenters. The molecule has 0 aliphatic carbocycles. The van der Waals surface area contributed by atoms with Crippen molar-refractivity contribution in [3.63, 3.8) is 0 Å². The van der Waals surface area contributed by atoms with E-state index in [-0.39, 0.29) is 23.7 Å². The lowest BCUT2D eigenvalue weighted by Crippen LogP contribution is -2.36. The molecule has 0 fully saturated rings. The van der Waals surface area contributed by atoms with Crippen LogP contribution in [0.25, 0.3) is 0 Å². The van der Waals surface area contributed by atoms with Crippen LogP contribution in [0.4, 0.5) is 4.39 Å². The molecule has 0 heterocycles. The second-order valence-electron chi connectivity index (χ2n) is 5.04. The standard InChI is InChI=1S/C14H20Cl2FNO/c1-8(2)14(4-5-19)18-9(3)10-6-13(17)12(16)7-11(10)15/h6-9,14,18-19H,4-5H2,1-3H3. The van der Waals surface area contributed by atoms with Gasteiger partial charge in [-0.3, -0.25) is 0 Å². The smallest absolute Gasteiger partial charge is 0.142 e. The fourth-order valence-corrected chi connectivity index (χ4v) is 2.58. The molecule has 0 amide bonds. The average Bonchev–Trinajstić information content (AvgIpc) is 2.32. The zero-order chi connectivity index (χ0) is 14.6. The predicted octanol–water partition coefficient (Wildman–Crippen LogP) is 4.19. The number of aliphatic hydroxyl groups excluding tert-OH is 1. The summed E-state index contributed by atoms with van der Waals surface area (Å²) in [5.41, 5.74) is 0.673. The number of aliphatic hydroxyl groups is 1. The number of hydrogen-bond donors (Lipinski definition) is 2. The molecule has 1 aromatic rings. The molecular weight excluding hydrogens is 288 g/mol. The second kappa shape index (κ2) is 7.44. The maximum Gasteiger partial charge on any atom is 0.142 e. The summed E-state index contributed by atoms with van der Waals surface area (Å²) in [4.78, 5) is 0. The molecule has 0 aliphatic rings. The van der Waals surface area contributed by atoms with Crippen LogP contribution in [-0.2, 0) is 0 Å². The zero-order valence-corrected chi connectivity index (χ0v) is 12.9. The Hall–Kier alpha value is -0.350. The molecule has 0 saturated carbocycles. The molecule has 0 saturated heterocycles. The SMILES string of the molecule is CC(NC(CCO)C(C)C)c1cc(F)c(Cl)cc1Cl. The van der Waals surface area contributed by atoms with Gasteiger partial charge in [0, 0.05) is 23.7 Å². The van der Waals surface area contributed by atoms with E-state index in [1.54, 1.807) is 0 Å². The van der Waals surface area contributed by atoms with Gasteiger partial charge >= 0.3 is 0 Å². The summed E-state index contributed by atoms with van der Waals surface area (Å²) in [6, 6.07) is 2.81. The van der Waals surface area contributed by atoms with Crippen molar-refractivity contribution in [2.24, 2.45) is 5.92 Å². The molecule has 5 heteroatoms. The highest BCUT2D eigenvalue weighted by Crippen LogP contribution is 2.29. The molecule has 2 atom stereocenters. The lowest BCUT2D eigenvalue weighted by molar-refractivity contribution is 0.237. The number of nitrogens with one attached hydrogen (secondary N) is 1. The first-order chi connectivity index (χ1) is 8.86. The topological polar surface area (TPSA) is 32.3 Å². The minimum Gasteiger partial charge on any atom is -0.396 e. The van der Waals surface area contributed by atoms with Crippen LogP contribution < -0.4 is 5.32 Å². The molecule has 0 aliphatic heterocycles. The van der Waals surface area contributed by atoms with Crippen molar-refractivity contribution >= 4 is 23.2 Å². The maximum absolute atomic E-state index is 13.5. The third kappa shape index (κ3) is 4.60. The number of halogens is 3. The largest absolute Gasteiger partial charge is 0.396 e. The molecule has 0 aromatic heterocycles. The molecule has 0 bridgehead atoms. The van der Waals surface area contributed by atoms with Gasteiger partial charge in [0.05, 0.1) is 5.02 Å². The van der Waals surface area contributed by atoms with Crippen molar-refractivity contribution in [2.75, 3.05) is 6.61 Å². The zero-order valence-electron chi connectivity index (χ0n) is 11.4. The van der Waals surface area contributed by atoms with E-state index in [1.165, 1.54) is 12.1 Å². The van der Waals surface area contributed by atoms with Crippen LogP contribution in [-0.4, -0.2) is 17.8 Å². The minimum atomic E-state index is -0.474. The Morgan fingerprint density at radius 1 is 1.21 bits per heavy atom. The summed E-state index contributed by atoms with van der Waals surface area (Å²) in [7, 11) is 0. The Morgan fingerprint density at radius 3 is 2.37 bits per heavy atom. The first-order valence-electron chi connectivity index (χ1n) is 6.38. The quantitative estimate of drug-likeness (QED) is 0.772. The second-order valence-corrected chi connectivity index (χ2v) is 5.85. The first-order valence-corrected chi connectivity index (χ1v) is 7.13. The van der Waals surface area contributed by atoms with Gasteiger partial charge in [-0.25, -0.2) is 4.39 Å². The molecular formula is C14H20Cl2FNO. The Kier molecular flexibility index (Phi) is 6.54. The van der Waals surface area contributed by atoms with Crippen molar-refractivity contribution in [2.45, 2.75) is 39.3 Å². The lowest BCUT2D eigenvalue weighted by atomic mass is 9.98. The van der Waals surface area contributed by atoms with Gasteiger partial charge in [-0.1, -0.05) is 37.0 Å². The van der Waals surface area contributed by atoms with Crippen LogP contribution in [0.1, 0.15) is 38.8 Å². The Morgan fingerprint density at radius 2 is 1.84 bits per heavy atom. The van der Waals surface area contributed by atoms with E-state index in [2.05, 4.69) is 19.2 Å². The number of rotatable bonds is 6. The number of hydrogen-bond acceptors (Lipinski definition) is 2. The van der Waals surface area contributed by atoms with Gasteiger partial charge in [-0.05, 0) is 37.0 Å². The Balaban J connectivity index is 2.87. The lowest BCUT2D eigenvalue weighted by Gasteiger charge is -2.26. The van der Waals surface area contributed by atoms with Gasteiger partial charge < -0.3 is 10.4 Å². The molecule has 0 spiro atoms. The van der Waals surface area contributed by atoms with Crippen LogP contribution >= 0.6 is 23.2 Å². The van der Waals surface area contributed by atoms with Crippen molar-refractivity contribution in [3.8, 4) is 0 Å². The van der Waals surface area contributed by atoms with Crippen molar-refractivity contribution in [3.05, 3.63) is 33.6 Å². The van der Waals surface area contributed by atoms with Gasteiger partial charge in [0.2, 0.25) is 0 Å². The van der Waals surface area contributed by atoms with Crippen LogP contribution in [0.2, 0.25) is 10.0 Å². The summed E-state index contributed by atoms with van der Waals surface area (Å²) >= 11 is 11.8. The third-order valence-electron chi connectivity index (χ3n) is 3.22. The summed E-state index contributed by atoms with van der Waals surface area (Å²) in [6.45, 7) is 6.18. The van der Waals surface area contributed by atoms with Gasteiger partial charge in [-0.2, -0.15) is 0 Å². The third-order valence-corrected chi connectivity index (χ3v) is 3.83. The Bertz CT molecular complexity index is 426. The van der Waals surface area contributed by atoms with E-state index < -0.39 is 5.82 Å². The van der Waals surface area contributed by atoms with E-state index in [4.69, 9.17) is 28.3 Å². The maximum atomic E-state index is 13.5. The van der Waals surface area contributed by atoms with Crippen molar-refractivity contribution < 1.29 is 9.50 Å². The van der Waals surface area contributed by atoms with Crippen LogP contribution in [0.15, 0.2) is 12.1 Å². The van der Waals surface area contributed by atoms with Gasteiger partial charge in [-0.15, -0.1) is 0 Å². The van der Waals surface area contributed by atoms with E-state index in [9.17, 15) is 4.39 Å². The fraction of sp³-hybridized carbons (Fsp3) is 0.571. The fourth-order valence-electron chi connectivity index (χ4n) is 2.03. The summed E-state index contributed by atoms with van der Waals surface area (Å²) in [5, 5.41) is 12.9. The summed E-state index contributed by atoms with van der Waals surface area (Å²) < 4.78 is 13.5.